The number of ether oxygens (including phenoxy) is 2. The van der Waals surface area contributed by atoms with Crippen molar-refractivity contribution in [3.05, 3.63) is 24.0 Å². The molecule has 0 saturated carbocycles. The smallest absolute Gasteiger partial charge is 0.373 e. The molecule has 0 aromatic heterocycles. The zero-order chi connectivity index (χ0) is 14.0. The molecule has 104 valence electrons. The molecule has 18 heavy (non-hydrogen) atoms. The Kier molecular flexibility index (Phi) is 9.07. The van der Waals surface area contributed by atoms with Crippen LogP contribution in [0.3, 0.4) is 0 Å². The van der Waals surface area contributed by atoms with Gasteiger partial charge in [-0.3, -0.25) is 0 Å². The molecule has 0 saturated heterocycles. The first-order valence-corrected chi connectivity index (χ1v) is 6.68. The van der Waals surface area contributed by atoms with Gasteiger partial charge in [-0.1, -0.05) is 39.3 Å². The van der Waals surface area contributed by atoms with E-state index in [9.17, 15) is 4.79 Å². The summed E-state index contributed by atoms with van der Waals surface area (Å²) in [5.41, 5.74) is 0. The van der Waals surface area contributed by atoms with E-state index in [1.165, 1.54) is 0 Å². The van der Waals surface area contributed by atoms with Gasteiger partial charge < -0.3 is 9.47 Å². The monoisotopic (exact) mass is 254 g/mol. The molecule has 0 N–H and O–H groups in total. The molecule has 0 aromatic carbocycles. The Hall–Kier alpha value is -1.25. The number of carbonyl (C=O) groups is 1. The number of carbonyl (C=O) groups excluding carboxylic acids is 1. The first-order valence-electron chi connectivity index (χ1n) is 6.68. The molecule has 0 aromatic rings. The molecule has 0 aliphatic rings. The minimum absolute atomic E-state index is 0.132. The summed E-state index contributed by atoms with van der Waals surface area (Å²) in [5, 5.41) is 0. The summed E-state index contributed by atoms with van der Waals surface area (Å²) in [6, 6.07) is 0. The van der Waals surface area contributed by atoms with Crippen LogP contribution in [0, 0.1) is 5.92 Å². The Morgan fingerprint density at radius 2 is 1.83 bits per heavy atom. The number of esters is 1. The second-order valence-corrected chi connectivity index (χ2v) is 4.80. The first-order chi connectivity index (χ1) is 8.47. The number of hydrogen-bond donors (Lipinski definition) is 0. The van der Waals surface area contributed by atoms with Crippen LogP contribution in [-0.4, -0.2) is 18.7 Å². The van der Waals surface area contributed by atoms with Crippen molar-refractivity contribution in [2.24, 2.45) is 5.92 Å². The van der Waals surface area contributed by atoms with Crippen molar-refractivity contribution in [3.63, 3.8) is 0 Å². The van der Waals surface area contributed by atoms with Crippen molar-refractivity contribution in [1.29, 1.82) is 0 Å². The van der Waals surface area contributed by atoms with E-state index < -0.39 is 0 Å². The number of hydrogen-bond acceptors (Lipinski definition) is 3. The fourth-order valence-corrected chi connectivity index (χ4v) is 1.24. The van der Waals surface area contributed by atoms with Crippen molar-refractivity contribution in [2.75, 3.05) is 6.61 Å². The van der Waals surface area contributed by atoms with Gasteiger partial charge in [-0.2, -0.15) is 0 Å². The van der Waals surface area contributed by atoms with Crippen LogP contribution in [-0.2, 0) is 14.3 Å². The summed E-state index contributed by atoms with van der Waals surface area (Å²) in [4.78, 5) is 11.8. The minimum Gasteiger partial charge on any atom is -0.483 e. The van der Waals surface area contributed by atoms with Crippen LogP contribution in [0.15, 0.2) is 24.0 Å². The summed E-state index contributed by atoms with van der Waals surface area (Å²) in [5.74, 6) is 0.168. The van der Waals surface area contributed by atoms with E-state index in [-0.39, 0.29) is 18.0 Å². The molecule has 0 radical (unpaired) electrons. The first kappa shape index (κ1) is 16.8. The Balaban J connectivity index is 4.37. The van der Waals surface area contributed by atoms with Crippen molar-refractivity contribution in [1.82, 2.24) is 0 Å². The third-order valence-corrected chi connectivity index (χ3v) is 1.99. The van der Waals surface area contributed by atoms with Crippen LogP contribution < -0.4 is 0 Å². The summed E-state index contributed by atoms with van der Waals surface area (Å²) in [6.07, 6.45) is 7.79. The highest BCUT2D eigenvalue weighted by molar-refractivity contribution is 5.86. The molecular weight excluding hydrogens is 228 g/mol. The molecule has 0 unspecified atom stereocenters. The lowest BCUT2D eigenvalue weighted by atomic mass is 10.2. The van der Waals surface area contributed by atoms with Crippen LogP contribution in [0.2, 0.25) is 0 Å². The lowest BCUT2D eigenvalue weighted by molar-refractivity contribution is -0.146. The Morgan fingerprint density at radius 1 is 1.17 bits per heavy atom. The second-order valence-electron chi connectivity index (χ2n) is 4.80. The third kappa shape index (κ3) is 8.85. The van der Waals surface area contributed by atoms with Crippen LogP contribution in [0.4, 0.5) is 0 Å². The Labute approximate surface area is 111 Å². The van der Waals surface area contributed by atoms with Gasteiger partial charge in [-0.05, 0) is 32.3 Å². The van der Waals surface area contributed by atoms with Crippen molar-refractivity contribution in [3.8, 4) is 0 Å². The van der Waals surface area contributed by atoms with Crippen LogP contribution in [0.25, 0.3) is 0 Å². The van der Waals surface area contributed by atoms with Gasteiger partial charge in [-0.15, -0.1) is 0 Å². The Morgan fingerprint density at radius 3 is 2.33 bits per heavy atom. The number of allylic oxidation sites excluding steroid dienone is 2. The molecule has 3 nitrogen and oxygen atoms in total. The standard InChI is InChI=1S/C15H26O3/c1-6-7-8-9-10-17-14(11-12(2)3)15(16)18-13(4)5/h8-9,11-13H,6-7,10H2,1-5H3/b9-8-,14-11-. The highest BCUT2D eigenvalue weighted by Gasteiger charge is 2.14. The highest BCUT2D eigenvalue weighted by Crippen LogP contribution is 2.08. The molecule has 0 aliphatic carbocycles. The van der Waals surface area contributed by atoms with Gasteiger partial charge in [0.05, 0.1) is 6.10 Å². The lowest BCUT2D eigenvalue weighted by Gasteiger charge is -2.12. The van der Waals surface area contributed by atoms with Gasteiger partial charge in [0.15, 0.2) is 0 Å². The molecule has 0 amide bonds. The zero-order valence-electron chi connectivity index (χ0n) is 12.2. The highest BCUT2D eigenvalue weighted by atomic mass is 16.6. The minimum atomic E-state index is -0.386. The maximum Gasteiger partial charge on any atom is 0.373 e. The SMILES string of the molecule is CCC/C=C\CO/C(=C\C(C)C)C(=O)OC(C)C. The molecular formula is C15H26O3. The predicted molar refractivity (Wildman–Crippen MR) is 74.1 cm³/mol. The number of rotatable bonds is 8. The fraction of sp³-hybridized carbons (Fsp3) is 0.667. The molecule has 0 heterocycles. The topological polar surface area (TPSA) is 35.5 Å². The van der Waals surface area contributed by atoms with E-state index in [4.69, 9.17) is 9.47 Å². The van der Waals surface area contributed by atoms with E-state index in [1.54, 1.807) is 6.08 Å². The summed E-state index contributed by atoms with van der Waals surface area (Å²) in [7, 11) is 0. The molecule has 0 rings (SSSR count). The fourth-order valence-electron chi connectivity index (χ4n) is 1.24. The molecule has 3 heteroatoms. The maximum absolute atomic E-state index is 11.8. The van der Waals surface area contributed by atoms with Gasteiger partial charge in [0.2, 0.25) is 5.76 Å². The van der Waals surface area contributed by atoms with Gasteiger partial charge in [-0.25, -0.2) is 4.79 Å². The van der Waals surface area contributed by atoms with Gasteiger partial charge in [0, 0.05) is 0 Å². The van der Waals surface area contributed by atoms with Crippen LogP contribution in [0.1, 0.15) is 47.5 Å². The van der Waals surface area contributed by atoms with Crippen molar-refractivity contribution in [2.45, 2.75) is 53.6 Å². The third-order valence-electron chi connectivity index (χ3n) is 1.99. The van der Waals surface area contributed by atoms with E-state index in [0.717, 1.165) is 12.8 Å². The summed E-state index contributed by atoms with van der Waals surface area (Å²) in [6.45, 7) is 10.2. The van der Waals surface area contributed by atoms with E-state index in [1.807, 2.05) is 33.8 Å². The van der Waals surface area contributed by atoms with E-state index in [0.29, 0.717) is 12.4 Å². The predicted octanol–water partition coefficient (Wildman–Crippen LogP) is 3.85. The van der Waals surface area contributed by atoms with Crippen LogP contribution >= 0.6 is 0 Å². The number of unbranched alkanes of at least 4 members (excludes halogenated alkanes) is 1. The molecule has 0 atom stereocenters. The average molecular weight is 254 g/mol. The second kappa shape index (κ2) is 9.75. The van der Waals surface area contributed by atoms with E-state index in [2.05, 4.69) is 13.0 Å². The molecule has 0 aliphatic heterocycles. The summed E-state index contributed by atoms with van der Waals surface area (Å²) < 4.78 is 10.6. The van der Waals surface area contributed by atoms with Gasteiger partial charge in [0.1, 0.15) is 6.61 Å². The maximum atomic E-state index is 11.8. The van der Waals surface area contributed by atoms with Crippen LogP contribution in [0.5, 0.6) is 0 Å². The van der Waals surface area contributed by atoms with E-state index >= 15 is 0 Å². The van der Waals surface area contributed by atoms with Gasteiger partial charge >= 0.3 is 5.97 Å². The lowest BCUT2D eigenvalue weighted by Crippen LogP contribution is -2.16. The molecule has 0 fully saturated rings. The average Bonchev–Trinajstić information content (AvgIpc) is 2.25. The summed E-state index contributed by atoms with van der Waals surface area (Å²) >= 11 is 0. The molecule has 0 spiro atoms. The Bertz CT molecular complexity index is 288. The normalized spacial score (nSPS) is 12.5. The van der Waals surface area contributed by atoms with Gasteiger partial charge in [0.25, 0.3) is 0 Å². The molecule has 0 bridgehead atoms. The van der Waals surface area contributed by atoms with Crippen molar-refractivity contribution < 1.29 is 14.3 Å². The van der Waals surface area contributed by atoms with Crippen molar-refractivity contribution >= 4 is 5.97 Å². The zero-order valence-corrected chi connectivity index (χ0v) is 12.2. The quantitative estimate of drug-likeness (QED) is 0.286. The largest absolute Gasteiger partial charge is 0.483 e.